The lowest BCUT2D eigenvalue weighted by molar-refractivity contribution is -0.137. The smallest absolute Gasteiger partial charge is 0.330 e. The Morgan fingerprint density at radius 2 is 1.58 bits per heavy atom. The third-order valence-corrected chi connectivity index (χ3v) is 6.00. The van der Waals surface area contributed by atoms with Gasteiger partial charge in [0.1, 0.15) is 18.1 Å². The van der Waals surface area contributed by atoms with E-state index < -0.39 is 5.97 Å². The van der Waals surface area contributed by atoms with Gasteiger partial charge in [-0.2, -0.15) is 0 Å². The number of esters is 1. The van der Waals surface area contributed by atoms with E-state index in [0.29, 0.717) is 18.8 Å². The minimum absolute atomic E-state index is 0.107. The van der Waals surface area contributed by atoms with E-state index in [2.05, 4.69) is 53.7 Å². The molecule has 3 aromatic rings. The summed E-state index contributed by atoms with van der Waals surface area (Å²) in [6.07, 6.45) is 3.10. The second-order valence-corrected chi connectivity index (χ2v) is 11.0. The van der Waals surface area contributed by atoms with Gasteiger partial charge in [0.2, 0.25) is 0 Å². The maximum atomic E-state index is 11.8. The summed E-state index contributed by atoms with van der Waals surface area (Å²) in [5.41, 5.74) is 5.26. The van der Waals surface area contributed by atoms with Crippen LogP contribution in [-0.2, 0) is 27.0 Å². The Labute approximate surface area is 215 Å². The maximum absolute atomic E-state index is 11.8. The highest BCUT2D eigenvalue weighted by atomic mass is 16.5. The van der Waals surface area contributed by atoms with E-state index in [-0.39, 0.29) is 16.6 Å². The molecule has 0 atom stereocenters. The first-order valence-corrected chi connectivity index (χ1v) is 12.4. The van der Waals surface area contributed by atoms with Crippen LogP contribution in [0.25, 0.3) is 17.2 Å². The highest BCUT2D eigenvalue weighted by molar-refractivity contribution is 5.88. The minimum Gasteiger partial charge on any atom is -0.507 e. The molecule has 0 bridgehead atoms. The summed E-state index contributed by atoms with van der Waals surface area (Å²) in [5, 5.41) is 11.0. The molecule has 4 heteroatoms. The summed E-state index contributed by atoms with van der Waals surface area (Å²) in [7, 11) is 0. The van der Waals surface area contributed by atoms with Gasteiger partial charge in [-0.05, 0) is 58.7 Å². The van der Waals surface area contributed by atoms with E-state index >= 15 is 0 Å². The maximum Gasteiger partial charge on any atom is 0.330 e. The number of carbonyl (C=O) groups is 1. The van der Waals surface area contributed by atoms with Crippen molar-refractivity contribution in [3.63, 3.8) is 0 Å². The number of aromatic hydroxyl groups is 1. The molecule has 0 aliphatic rings. The van der Waals surface area contributed by atoms with Gasteiger partial charge in [0.15, 0.2) is 0 Å². The molecule has 0 saturated carbocycles. The lowest BCUT2D eigenvalue weighted by Crippen LogP contribution is -2.18. The summed E-state index contributed by atoms with van der Waals surface area (Å²) in [5.74, 6) is 0.503. The van der Waals surface area contributed by atoms with E-state index in [4.69, 9.17) is 9.47 Å². The van der Waals surface area contributed by atoms with Crippen molar-refractivity contribution in [3.8, 4) is 22.6 Å². The first-order valence-electron chi connectivity index (χ1n) is 12.4. The second kappa shape index (κ2) is 11.0. The SMILES string of the molecule is CCOC(=O)C=Cc1ccc(O)c(-c2cc(C(C)(C)C)cc(C(C)(C)C)c2OCc2ccccc2)c1. The van der Waals surface area contributed by atoms with Gasteiger partial charge < -0.3 is 14.6 Å². The first kappa shape index (κ1) is 27.1. The Bertz CT molecular complexity index is 1230. The molecular weight excluding hydrogens is 448 g/mol. The zero-order chi connectivity index (χ0) is 26.5. The van der Waals surface area contributed by atoms with Gasteiger partial charge in [0.05, 0.1) is 6.61 Å². The number of hydrogen-bond donors (Lipinski definition) is 1. The highest BCUT2D eigenvalue weighted by Gasteiger charge is 2.27. The van der Waals surface area contributed by atoms with Crippen molar-refractivity contribution >= 4 is 12.0 Å². The average Bonchev–Trinajstić information content (AvgIpc) is 2.81. The first-order chi connectivity index (χ1) is 16.9. The van der Waals surface area contributed by atoms with Crippen LogP contribution in [0.1, 0.15) is 70.7 Å². The van der Waals surface area contributed by atoms with Crippen LogP contribution in [0, 0.1) is 0 Å². The minimum atomic E-state index is -0.399. The van der Waals surface area contributed by atoms with E-state index in [9.17, 15) is 9.90 Å². The van der Waals surface area contributed by atoms with Crippen molar-refractivity contribution in [2.45, 2.75) is 65.9 Å². The molecule has 0 saturated heterocycles. The predicted molar refractivity (Wildman–Crippen MR) is 147 cm³/mol. The molecule has 0 radical (unpaired) electrons. The average molecular weight is 487 g/mol. The van der Waals surface area contributed by atoms with E-state index in [1.165, 1.54) is 6.08 Å². The van der Waals surface area contributed by atoms with Crippen molar-refractivity contribution in [1.82, 2.24) is 0 Å². The number of phenols is 1. The molecule has 3 aromatic carbocycles. The van der Waals surface area contributed by atoms with Gasteiger partial charge >= 0.3 is 5.97 Å². The van der Waals surface area contributed by atoms with Crippen molar-refractivity contribution in [2.24, 2.45) is 0 Å². The Balaban J connectivity index is 2.21. The Morgan fingerprint density at radius 1 is 0.889 bits per heavy atom. The molecule has 0 unspecified atom stereocenters. The fourth-order valence-electron chi connectivity index (χ4n) is 3.93. The van der Waals surface area contributed by atoms with Gasteiger partial charge in [0.25, 0.3) is 0 Å². The third kappa shape index (κ3) is 6.78. The number of phenolic OH excluding ortho intramolecular Hbond substituents is 1. The number of rotatable bonds is 7. The summed E-state index contributed by atoms with van der Waals surface area (Å²) >= 11 is 0. The summed E-state index contributed by atoms with van der Waals surface area (Å²) in [6, 6.07) is 19.7. The van der Waals surface area contributed by atoms with Crippen molar-refractivity contribution in [3.05, 3.63) is 89.0 Å². The van der Waals surface area contributed by atoms with Crippen LogP contribution in [0.4, 0.5) is 0 Å². The molecule has 0 aliphatic heterocycles. The predicted octanol–water partition coefficient (Wildman–Crippen LogP) is 7.81. The highest BCUT2D eigenvalue weighted by Crippen LogP contribution is 2.45. The summed E-state index contributed by atoms with van der Waals surface area (Å²) in [6.45, 7) is 15.6. The third-order valence-electron chi connectivity index (χ3n) is 6.00. The van der Waals surface area contributed by atoms with Crippen molar-refractivity contribution < 1.29 is 19.4 Å². The fraction of sp³-hybridized carbons (Fsp3) is 0.344. The largest absolute Gasteiger partial charge is 0.507 e. The molecule has 4 nitrogen and oxygen atoms in total. The van der Waals surface area contributed by atoms with Crippen molar-refractivity contribution in [1.29, 1.82) is 0 Å². The Hall–Kier alpha value is -3.53. The molecule has 0 fully saturated rings. The van der Waals surface area contributed by atoms with Crippen LogP contribution in [0.3, 0.4) is 0 Å². The molecule has 3 rings (SSSR count). The molecule has 36 heavy (non-hydrogen) atoms. The van der Waals surface area contributed by atoms with Gasteiger partial charge in [-0.25, -0.2) is 4.79 Å². The fourth-order valence-corrected chi connectivity index (χ4v) is 3.93. The van der Waals surface area contributed by atoms with Gasteiger partial charge in [-0.3, -0.25) is 0 Å². The number of benzene rings is 3. The quantitative estimate of drug-likeness (QED) is 0.273. The van der Waals surface area contributed by atoms with Gasteiger partial charge in [-0.1, -0.05) is 84.0 Å². The Kier molecular flexibility index (Phi) is 8.29. The lowest BCUT2D eigenvalue weighted by Gasteiger charge is -2.30. The molecule has 0 aliphatic carbocycles. The summed E-state index contributed by atoms with van der Waals surface area (Å²) in [4.78, 5) is 11.8. The molecule has 0 amide bonds. The molecular formula is C32H38O4. The van der Waals surface area contributed by atoms with Gasteiger partial charge in [0, 0.05) is 22.8 Å². The molecule has 190 valence electrons. The number of ether oxygens (including phenoxy) is 2. The van der Waals surface area contributed by atoms with Gasteiger partial charge in [-0.15, -0.1) is 0 Å². The number of carbonyl (C=O) groups excluding carboxylic acids is 1. The van der Waals surface area contributed by atoms with E-state index in [0.717, 1.165) is 33.6 Å². The monoisotopic (exact) mass is 486 g/mol. The van der Waals surface area contributed by atoms with Crippen LogP contribution >= 0.6 is 0 Å². The van der Waals surface area contributed by atoms with E-state index in [1.54, 1.807) is 25.1 Å². The molecule has 0 aromatic heterocycles. The van der Waals surface area contributed by atoms with Crippen LogP contribution in [0.5, 0.6) is 11.5 Å². The second-order valence-electron chi connectivity index (χ2n) is 11.0. The van der Waals surface area contributed by atoms with E-state index in [1.807, 2.05) is 36.4 Å². The zero-order valence-corrected chi connectivity index (χ0v) is 22.5. The Morgan fingerprint density at radius 3 is 2.19 bits per heavy atom. The molecule has 0 heterocycles. The van der Waals surface area contributed by atoms with Crippen LogP contribution in [-0.4, -0.2) is 17.7 Å². The summed E-state index contributed by atoms with van der Waals surface area (Å²) < 4.78 is 11.5. The molecule has 1 N–H and O–H groups in total. The topological polar surface area (TPSA) is 55.8 Å². The standard InChI is InChI=1S/C32H38O4/c1-8-35-29(34)17-15-22-14-16-28(33)25(18-22)26-19-24(31(2,3)4)20-27(32(5,6)7)30(26)36-21-23-12-10-9-11-13-23/h9-20,33H,8,21H2,1-7H3. The van der Waals surface area contributed by atoms with Crippen LogP contribution in [0.15, 0.2) is 66.7 Å². The zero-order valence-electron chi connectivity index (χ0n) is 22.5. The van der Waals surface area contributed by atoms with Crippen molar-refractivity contribution in [2.75, 3.05) is 6.61 Å². The lowest BCUT2D eigenvalue weighted by atomic mass is 9.78. The van der Waals surface area contributed by atoms with Crippen LogP contribution in [0.2, 0.25) is 0 Å². The normalized spacial score (nSPS) is 12.1. The number of hydrogen-bond acceptors (Lipinski definition) is 4. The van der Waals surface area contributed by atoms with Crippen LogP contribution < -0.4 is 4.74 Å². The molecule has 0 spiro atoms.